The van der Waals surface area contributed by atoms with Crippen molar-refractivity contribution < 1.29 is 5.11 Å². The maximum absolute atomic E-state index is 10.4. The molecule has 0 fully saturated rings. The summed E-state index contributed by atoms with van der Waals surface area (Å²) in [6.45, 7) is 7.11. The molecule has 2 unspecified atom stereocenters. The van der Waals surface area contributed by atoms with E-state index in [1.54, 1.807) is 18.5 Å². The Morgan fingerprint density at radius 1 is 1.52 bits per heavy atom. The zero-order chi connectivity index (χ0) is 15.5. The quantitative estimate of drug-likeness (QED) is 0.853. The summed E-state index contributed by atoms with van der Waals surface area (Å²) in [5.74, 6) is 0.234. The Bertz CT molecular complexity index is 654. The minimum absolute atomic E-state index is 0.234. The summed E-state index contributed by atoms with van der Waals surface area (Å²) in [6.07, 6.45) is 4.52. The Morgan fingerprint density at radius 2 is 2.29 bits per heavy atom. The van der Waals surface area contributed by atoms with Gasteiger partial charge in [0.1, 0.15) is 11.7 Å². The van der Waals surface area contributed by atoms with Crippen LogP contribution in [0.1, 0.15) is 38.4 Å². The summed E-state index contributed by atoms with van der Waals surface area (Å²) in [7, 11) is 0. The van der Waals surface area contributed by atoms with E-state index in [4.69, 9.17) is 5.26 Å². The van der Waals surface area contributed by atoms with Crippen LogP contribution in [0.3, 0.4) is 0 Å². The molecule has 0 bridgehead atoms. The van der Waals surface area contributed by atoms with Crippen molar-refractivity contribution in [1.29, 1.82) is 5.26 Å². The molecule has 0 amide bonds. The van der Waals surface area contributed by atoms with Crippen LogP contribution in [-0.2, 0) is 6.54 Å². The molecule has 0 saturated carbocycles. The van der Waals surface area contributed by atoms with Crippen molar-refractivity contribution in [3.05, 3.63) is 35.8 Å². The van der Waals surface area contributed by atoms with E-state index in [1.165, 1.54) is 0 Å². The van der Waals surface area contributed by atoms with Crippen molar-refractivity contribution in [2.75, 3.05) is 6.54 Å². The van der Waals surface area contributed by atoms with Crippen LogP contribution >= 0.6 is 0 Å². The summed E-state index contributed by atoms with van der Waals surface area (Å²) < 4.78 is 1.91. The smallest absolute Gasteiger partial charge is 0.137 e. The highest BCUT2D eigenvalue weighted by Gasteiger charge is 2.26. The monoisotopic (exact) mass is 286 g/mol. The van der Waals surface area contributed by atoms with Crippen LogP contribution < -0.4 is 5.32 Å². The van der Waals surface area contributed by atoms with Gasteiger partial charge in [-0.15, -0.1) is 0 Å². The molecule has 2 N–H and O–H groups in total. The van der Waals surface area contributed by atoms with Gasteiger partial charge in [0.15, 0.2) is 0 Å². The fraction of sp³-hybridized carbons (Fsp3) is 0.500. The summed E-state index contributed by atoms with van der Waals surface area (Å²) in [5.41, 5.74) is 1.67. The molecule has 2 aromatic heterocycles. The molecule has 5 heteroatoms. The first-order chi connectivity index (χ1) is 9.97. The highest BCUT2D eigenvalue weighted by atomic mass is 16.3. The van der Waals surface area contributed by atoms with Crippen molar-refractivity contribution in [3.63, 3.8) is 0 Å². The van der Waals surface area contributed by atoms with E-state index >= 15 is 0 Å². The number of imidazole rings is 1. The number of aliphatic hydroxyl groups is 1. The Kier molecular flexibility index (Phi) is 4.61. The first kappa shape index (κ1) is 15.5. The van der Waals surface area contributed by atoms with E-state index < -0.39 is 5.60 Å². The Hall–Kier alpha value is -1.90. The highest BCUT2D eigenvalue weighted by molar-refractivity contribution is 5.44. The summed E-state index contributed by atoms with van der Waals surface area (Å²) in [4.78, 5) is 4.31. The number of hydrogen-bond donors (Lipinski definition) is 2. The van der Waals surface area contributed by atoms with E-state index in [0.29, 0.717) is 18.7 Å². The van der Waals surface area contributed by atoms with Crippen molar-refractivity contribution >= 4 is 5.65 Å². The third-order valence-electron chi connectivity index (χ3n) is 4.17. The molecule has 0 spiro atoms. The van der Waals surface area contributed by atoms with Crippen LogP contribution in [-0.4, -0.2) is 26.6 Å². The first-order valence-corrected chi connectivity index (χ1v) is 7.27. The van der Waals surface area contributed by atoms with E-state index in [0.717, 1.165) is 17.8 Å². The third-order valence-corrected chi connectivity index (χ3v) is 4.17. The normalized spacial score (nSPS) is 15.6. The molecule has 2 heterocycles. The van der Waals surface area contributed by atoms with Crippen LogP contribution in [0, 0.1) is 17.2 Å². The molecule has 0 aromatic carbocycles. The molecule has 2 atom stereocenters. The van der Waals surface area contributed by atoms with Crippen LogP contribution in [0.5, 0.6) is 0 Å². The van der Waals surface area contributed by atoms with Gasteiger partial charge in [-0.1, -0.05) is 20.3 Å². The lowest BCUT2D eigenvalue weighted by molar-refractivity contribution is 0.00528. The maximum atomic E-state index is 10.4. The van der Waals surface area contributed by atoms with E-state index in [-0.39, 0.29) is 5.92 Å². The fourth-order valence-electron chi connectivity index (χ4n) is 2.29. The lowest BCUT2D eigenvalue weighted by atomic mass is 9.89. The SMILES string of the molecule is CCC(C)C(C)(O)CNCc1cnc2ccc(C#N)cn12. The van der Waals surface area contributed by atoms with Crippen molar-refractivity contribution in [2.24, 2.45) is 5.92 Å². The largest absolute Gasteiger partial charge is 0.389 e. The van der Waals surface area contributed by atoms with Gasteiger partial charge in [-0.05, 0) is 25.0 Å². The first-order valence-electron chi connectivity index (χ1n) is 7.27. The average Bonchev–Trinajstić information content (AvgIpc) is 2.88. The Labute approximate surface area is 125 Å². The van der Waals surface area contributed by atoms with Gasteiger partial charge >= 0.3 is 0 Å². The standard InChI is InChI=1S/C16H22N4O/c1-4-12(2)16(3,21)11-18-8-14-9-19-15-6-5-13(7-17)10-20(14)15/h5-6,9-10,12,18,21H,4,8,11H2,1-3H3. The van der Waals surface area contributed by atoms with Gasteiger partial charge in [-0.25, -0.2) is 4.98 Å². The van der Waals surface area contributed by atoms with E-state index in [9.17, 15) is 5.11 Å². The van der Waals surface area contributed by atoms with Crippen LogP contribution in [0.2, 0.25) is 0 Å². The van der Waals surface area contributed by atoms with Crippen LogP contribution in [0.15, 0.2) is 24.5 Å². The minimum Gasteiger partial charge on any atom is -0.389 e. The average molecular weight is 286 g/mol. The molecular formula is C16H22N4O. The number of rotatable bonds is 6. The number of fused-ring (bicyclic) bond motifs is 1. The highest BCUT2D eigenvalue weighted by Crippen LogP contribution is 2.19. The summed E-state index contributed by atoms with van der Waals surface area (Å²) >= 11 is 0. The zero-order valence-corrected chi connectivity index (χ0v) is 12.8. The molecule has 2 aromatic rings. The van der Waals surface area contributed by atoms with Gasteiger partial charge in [0, 0.05) is 19.3 Å². The molecule has 0 aliphatic heterocycles. The second kappa shape index (κ2) is 6.25. The van der Waals surface area contributed by atoms with Gasteiger partial charge in [-0.3, -0.25) is 0 Å². The summed E-state index contributed by atoms with van der Waals surface area (Å²) in [5, 5.41) is 22.6. The molecule has 0 aliphatic rings. The fourth-order valence-corrected chi connectivity index (χ4v) is 2.29. The molecule has 5 nitrogen and oxygen atoms in total. The van der Waals surface area contributed by atoms with Crippen LogP contribution in [0.4, 0.5) is 0 Å². The third kappa shape index (κ3) is 3.41. The lowest BCUT2D eigenvalue weighted by Gasteiger charge is -2.29. The number of pyridine rings is 1. The second-order valence-electron chi connectivity index (χ2n) is 5.78. The predicted molar refractivity (Wildman–Crippen MR) is 81.7 cm³/mol. The predicted octanol–water partition coefficient (Wildman–Crippen LogP) is 2.09. The molecule has 0 aliphatic carbocycles. The molecule has 21 heavy (non-hydrogen) atoms. The number of nitrogens with one attached hydrogen (secondary N) is 1. The maximum Gasteiger partial charge on any atom is 0.137 e. The Morgan fingerprint density at radius 3 is 2.95 bits per heavy atom. The molecule has 112 valence electrons. The topological polar surface area (TPSA) is 73.3 Å². The van der Waals surface area contributed by atoms with Gasteiger partial charge in [0.2, 0.25) is 0 Å². The number of nitriles is 1. The van der Waals surface area contributed by atoms with Crippen molar-refractivity contribution in [2.45, 2.75) is 39.3 Å². The van der Waals surface area contributed by atoms with E-state index in [2.05, 4.69) is 30.2 Å². The number of hydrogen-bond acceptors (Lipinski definition) is 4. The van der Waals surface area contributed by atoms with Gasteiger partial charge in [-0.2, -0.15) is 5.26 Å². The second-order valence-corrected chi connectivity index (χ2v) is 5.78. The van der Waals surface area contributed by atoms with Crippen LogP contribution in [0.25, 0.3) is 5.65 Å². The van der Waals surface area contributed by atoms with Crippen molar-refractivity contribution in [1.82, 2.24) is 14.7 Å². The molecular weight excluding hydrogens is 264 g/mol. The number of nitrogens with zero attached hydrogens (tertiary/aromatic N) is 3. The van der Waals surface area contributed by atoms with Crippen molar-refractivity contribution in [3.8, 4) is 6.07 Å². The van der Waals surface area contributed by atoms with Gasteiger partial charge < -0.3 is 14.8 Å². The zero-order valence-electron chi connectivity index (χ0n) is 12.8. The van der Waals surface area contributed by atoms with E-state index in [1.807, 2.05) is 17.4 Å². The molecule has 2 rings (SSSR count). The van der Waals surface area contributed by atoms with Gasteiger partial charge in [0.05, 0.1) is 23.1 Å². The lowest BCUT2D eigenvalue weighted by Crippen LogP contribution is -2.42. The Balaban J connectivity index is 2.06. The minimum atomic E-state index is -0.729. The molecule has 0 saturated heterocycles. The summed E-state index contributed by atoms with van der Waals surface area (Å²) in [6, 6.07) is 5.72. The number of aromatic nitrogens is 2. The van der Waals surface area contributed by atoms with Gasteiger partial charge in [0.25, 0.3) is 0 Å². The molecule has 0 radical (unpaired) electrons.